The Hall–Kier alpha value is -2.32. The van der Waals surface area contributed by atoms with E-state index in [4.69, 9.17) is 5.11 Å². The molecule has 25 heavy (non-hydrogen) atoms. The van der Waals surface area contributed by atoms with Gasteiger partial charge >= 0.3 is 0 Å². The minimum Gasteiger partial charge on any atom is -0.396 e. The van der Waals surface area contributed by atoms with Gasteiger partial charge in [-0.05, 0) is 44.4 Å². The second-order valence-electron chi connectivity index (χ2n) is 6.02. The number of nitrogens with zero attached hydrogens (tertiary/aromatic N) is 4. The van der Waals surface area contributed by atoms with Crippen molar-refractivity contribution in [2.45, 2.75) is 45.7 Å². The summed E-state index contributed by atoms with van der Waals surface area (Å²) in [6.07, 6.45) is 4.29. The van der Waals surface area contributed by atoms with Crippen LogP contribution >= 0.6 is 0 Å². The number of benzene rings is 1. The van der Waals surface area contributed by atoms with Gasteiger partial charge in [-0.1, -0.05) is 18.2 Å². The van der Waals surface area contributed by atoms with Gasteiger partial charge in [-0.15, -0.1) is 5.10 Å². The molecule has 0 aliphatic rings. The molecular weight excluding hydrogens is 322 g/mol. The summed E-state index contributed by atoms with van der Waals surface area (Å²) in [5.74, 6) is 0. The molecule has 0 radical (unpaired) electrons. The Kier molecular flexibility index (Phi) is 7.03. The number of aryl methyl sites for hydroxylation is 1. The summed E-state index contributed by atoms with van der Waals surface area (Å²) in [7, 11) is 0. The second-order valence-corrected chi connectivity index (χ2v) is 6.02. The second kappa shape index (κ2) is 9.24. The van der Waals surface area contributed by atoms with Crippen molar-refractivity contribution >= 4 is 5.69 Å². The van der Waals surface area contributed by atoms with Crippen LogP contribution in [0.3, 0.4) is 0 Å². The smallest absolute Gasteiger partial charge is 0.274 e. The molecule has 2 aromatic rings. The van der Waals surface area contributed by atoms with E-state index in [0.717, 1.165) is 37.1 Å². The number of hydrogen-bond acceptors (Lipinski definition) is 6. The van der Waals surface area contributed by atoms with Gasteiger partial charge in [0.2, 0.25) is 0 Å². The molecule has 1 unspecified atom stereocenters. The first-order chi connectivity index (χ1) is 12.0. The Labute approximate surface area is 147 Å². The van der Waals surface area contributed by atoms with E-state index in [0.29, 0.717) is 12.1 Å². The molecule has 0 spiro atoms. The quantitative estimate of drug-likeness (QED) is 0.388. The molecule has 1 aromatic heterocycles. The van der Waals surface area contributed by atoms with E-state index in [-0.39, 0.29) is 23.3 Å². The SMILES string of the molecule is CCNC(C)c1cc(Cn2cc(CCCCO)nn2)ccc1[N+](=O)[O-]. The third-order valence-corrected chi connectivity index (χ3v) is 4.04. The maximum absolute atomic E-state index is 11.3. The molecule has 1 atom stereocenters. The first-order valence-corrected chi connectivity index (χ1v) is 8.55. The van der Waals surface area contributed by atoms with Gasteiger partial charge in [0.15, 0.2) is 0 Å². The lowest BCUT2D eigenvalue weighted by atomic mass is 10.0. The summed E-state index contributed by atoms with van der Waals surface area (Å²) < 4.78 is 1.73. The van der Waals surface area contributed by atoms with Gasteiger partial charge in [0, 0.05) is 30.5 Å². The fourth-order valence-corrected chi connectivity index (χ4v) is 2.77. The van der Waals surface area contributed by atoms with Crippen LogP contribution in [0.15, 0.2) is 24.4 Å². The fraction of sp³-hybridized carbons (Fsp3) is 0.529. The molecule has 0 amide bonds. The van der Waals surface area contributed by atoms with E-state index in [1.54, 1.807) is 16.8 Å². The fourth-order valence-electron chi connectivity index (χ4n) is 2.77. The van der Waals surface area contributed by atoms with E-state index in [1.807, 2.05) is 26.1 Å². The average molecular weight is 347 g/mol. The number of nitro groups is 1. The number of hydrogen-bond donors (Lipinski definition) is 2. The molecular formula is C17H25N5O3. The van der Waals surface area contributed by atoms with Gasteiger partial charge in [0.25, 0.3) is 5.69 Å². The molecule has 1 heterocycles. The van der Waals surface area contributed by atoms with Crippen molar-refractivity contribution in [3.63, 3.8) is 0 Å². The van der Waals surface area contributed by atoms with Gasteiger partial charge in [0.1, 0.15) is 0 Å². The topological polar surface area (TPSA) is 106 Å². The Balaban J connectivity index is 2.14. The predicted octanol–water partition coefficient (Wildman–Crippen LogP) is 2.22. The van der Waals surface area contributed by atoms with Gasteiger partial charge in [-0.3, -0.25) is 10.1 Å². The molecule has 136 valence electrons. The highest BCUT2D eigenvalue weighted by atomic mass is 16.6. The van der Waals surface area contributed by atoms with Crippen LogP contribution in [0.4, 0.5) is 5.69 Å². The van der Waals surface area contributed by atoms with Crippen LogP contribution in [0, 0.1) is 10.1 Å². The minimum absolute atomic E-state index is 0.102. The van der Waals surface area contributed by atoms with Gasteiger partial charge in [-0.25, -0.2) is 4.68 Å². The van der Waals surface area contributed by atoms with Crippen molar-refractivity contribution in [1.82, 2.24) is 20.3 Å². The molecule has 2 N–H and O–H groups in total. The lowest BCUT2D eigenvalue weighted by molar-refractivity contribution is -0.385. The van der Waals surface area contributed by atoms with E-state index >= 15 is 0 Å². The van der Waals surface area contributed by atoms with Crippen LogP contribution in [-0.4, -0.2) is 38.2 Å². The highest BCUT2D eigenvalue weighted by molar-refractivity contribution is 5.44. The number of aliphatic hydroxyl groups excluding tert-OH is 1. The maximum atomic E-state index is 11.3. The molecule has 0 fully saturated rings. The van der Waals surface area contributed by atoms with Crippen molar-refractivity contribution in [2.75, 3.05) is 13.2 Å². The molecule has 2 rings (SSSR count). The number of aromatic nitrogens is 3. The van der Waals surface area contributed by atoms with Gasteiger partial charge in [-0.2, -0.15) is 0 Å². The molecule has 8 heteroatoms. The Morgan fingerprint density at radius 1 is 1.40 bits per heavy atom. The summed E-state index contributed by atoms with van der Waals surface area (Å²) in [5.41, 5.74) is 2.63. The molecule has 0 aliphatic carbocycles. The van der Waals surface area contributed by atoms with Gasteiger partial charge in [0.05, 0.1) is 17.2 Å². The zero-order chi connectivity index (χ0) is 18.2. The summed E-state index contributed by atoms with van der Waals surface area (Å²) in [6, 6.07) is 5.07. The third kappa shape index (κ3) is 5.33. The van der Waals surface area contributed by atoms with Crippen LogP contribution < -0.4 is 5.32 Å². The Bertz CT molecular complexity index is 701. The molecule has 0 aliphatic heterocycles. The monoisotopic (exact) mass is 347 g/mol. The van der Waals surface area contributed by atoms with Crippen LogP contribution in [0.5, 0.6) is 0 Å². The number of nitro benzene ring substituents is 1. The standard InChI is InChI=1S/C17H25N5O3/c1-3-18-13(2)16-10-14(7-8-17(16)22(24)25)11-21-12-15(19-20-21)6-4-5-9-23/h7-8,10,12-13,18,23H,3-6,9,11H2,1-2H3. The lowest BCUT2D eigenvalue weighted by Gasteiger charge is -2.14. The summed E-state index contributed by atoms with van der Waals surface area (Å²) >= 11 is 0. The van der Waals surface area contributed by atoms with Crippen LogP contribution in [0.1, 0.15) is 49.6 Å². The van der Waals surface area contributed by atoms with E-state index in [2.05, 4.69) is 15.6 Å². The van der Waals surface area contributed by atoms with E-state index < -0.39 is 0 Å². The Morgan fingerprint density at radius 3 is 2.88 bits per heavy atom. The predicted molar refractivity (Wildman–Crippen MR) is 94.3 cm³/mol. The van der Waals surface area contributed by atoms with Crippen molar-refractivity contribution in [2.24, 2.45) is 0 Å². The molecule has 8 nitrogen and oxygen atoms in total. The molecule has 0 bridgehead atoms. The summed E-state index contributed by atoms with van der Waals surface area (Å²) in [4.78, 5) is 10.9. The van der Waals surface area contributed by atoms with Crippen LogP contribution in [-0.2, 0) is 13.0 Å². The number of aliphatic hydroxyl groups is 1. The summed E-state index contributed by atoms with van der Waals surface area (Å²) in [6.45, 7) is 5.33. The summed E-state index contributed by atoms with van der Waals surface area (Å²) in [5, 5.41) is 31.5. The van der Waals surface area contributed by atoms with Crippen molar-refractivity contribution < 1.29 is 10.0 Å². The zero-order valence-electron chi connectivity index (χ0n) is 14.7. The number of nitrogens with one attached hydrogen (secondary N) is 1. The third-order valence-electron chi connectivity index (χ3n) is 4.04. The first-order valence-electron chi connectivity index (χ1n) is 8.55. The molecule has 0 saturated carbocycles. The van der Waals surface area contributed by atoms with E-state index in [9.17, 15) is 10.1 Å². The highest BCUT2D eigenvalue weighted by Gasteiger charge is 2.19. The highest BCUT2D eigenvalue weighted by Crippen LogP contribution is 2.26. The van der Waals surface area contributed by atoms with Crippen LogP contribution in [0.25, 0.3) is 0 Å². The minimum atomic E-state index is -0.346. The van der Waals surface area contributed by atoms with E-state index in [1.165, 1.54) is 0 Å². The molecule has 0 saturated heterocycles. The van der Waals surface area contributed by atoms with Crippen molar-refractivity contribution in [3.05, 3.63) is 51.3 Å². The first kappa shape index (κ1) is 19.0. The average Bonchev–Trinajstić information content (AvgIpc) is 3.02. The number of rotatable bonds is 10. The molecule has 1 aromatic carbocycles. The maximum Gasteiger partial charge on any atom is 0.274 e. The largest absolute Gasteiger partial charge is 0.396 e. The van der Waals surface area contributed by atoms with Gasteiger partial charge < -0.3 is 10.4 Å². The van der Waals surface area contributed by atoms with Crippen molar-refractivity contribution in [1.29, 1.82) is 0 Å². The van der Waals surface area contributed by atoms with Crippen molar-refractivity contribution in [3.8, 4) is 0 Å². The van der Waals surface area contributed by atoms with Crippen LogP contribution in [0.2, 0.25) is 0 Å². The zero-order valence-corrected chi connectivity index (χ0v) is 14.7. The lowest BCUT2D eigenvalue weighted by Crippen LogP contribution is -2.19. The number of unbranched alkanes of at least 4 members (excludes halogenated alkanes) is 1. The Morgan fingerprint density at radius 2 is 2.20 bits per heavy atom. The normalized spacial score (nSPS) is 12.3.